The average Bonchev–Trinajstić information content (AvgIpc) is 3.63. The Morgan fingerprint density at radius 3 is 2.86 bits per heavy atom. The molecule has 1 atom stereocenters. The Balaban J connectivity index is 1.26. The molecule has 3 aliphatic rings. The van der Waals surface area contributed by atoms with E-state index in [4.69, 9.17) is 4.42 Å². The molecule has 1 aromatic heterocycles. The zero-order chi connectivity index (χ0) is 24.8. The van der Waals surface area contributed by atoms with Crippen LogP contribution >= 0.6 is 0 Å². The highest BCUT2D eigenvalue weighted by Gasteiger charge is 2.40. The minimum atomic E-state index is -0.744. The smallest absolute Gasteiger partial charge is 0.290 e. The number of carbonyl (C=O) groups excluding carboxylic acids is 2. The van der Waals surface area contributed by atoms with E-state index in [9.17, 15) is 14.0 Å². The molecule has 0 radical (unpaired) electrons. The molecule has 1 aliphatic carbocycles. The van der Waals surface area contributed by atoms with Crippen LogP contribution in [0.15, 0.2) is 68.7 Å². The predicted octanol–water partition coefficient (Wildman–Crippen LogP) is 2.38. The van der Waals surface area contributed by atoms with Crippen molar-refractivity contribution < 1.29 is 18.4 Å². The summed E-state index contributed by atoms with van der Waals surface area (Å²) in [5, 5.41) is 4.48. The van der Waals surface area contributed by atoms with Gasteiger partial charge in [-0.05, 0) is 65.8 Å². The van der Waals surface area contributed by atoms with Crippen LogP contribution in [-0.4, -0.2) is 43.0 Å². The van der Waals surface area contributed by atoms with Crippen LogP contribution in [0.4, 0.5) is 4.39 Å². The summed E-state index contributed by atoms with van der Waals surface area (Å²) >= 11 is 0. The number of hydrogen-bond donors (Lipinski definition) is 1. The molecular weight excluding hydrogens is 459 g/mol. The fourth-order valence-electron chi connectivity index (χ4n) is 5.50. The third-order valence-corrected chi connectivity index (χ3v) is 7.32. The maximum Gasteiger partial charge on any atom is 0.290 e. The Hall–Kier alpha value is -4.07. The predicted molar refractivity (Wildman–Crippen MR) is 130 cm³/mol. The summed E-state index contributed by atoms with van der Waals surface area (Å²) in [4.78, 5) is 36.9. The molecule has 0 unspecified atom stereocenters. The van der Waals surface area contributed by atoms with E-state index in [-0.39, 0.29) is 36.4 Å². The highest BCUT2D eigenvalue weighted by Crippen LogP contribution is 2.41. The van der Waals surface area contributed by atoms with Gasteiger partial charge in [-0.15, -0.1) is 0 Å². The van der Waals surface area contributed by atoms with Gasteiger partial charge in [-0.25, -0.2) is 4.39 Å². The molecule has 6 rings (SSSR count). The van der Waals surface area contributed by atoms with Gasteiger partial charge >= 0.3 is 0 Å². The average molecular weight is 485 g/mol. The number of hydrogen-bond acceptors (Lipinski definition) is 5. The third kappa shape index (κ3) is 3.73. The number of amides is 2. The minimum absolute atomic E-state index is 0.246. The molecule has 0 spiro atoms. The van der Waals surface area contributed by atoms with Crippen molar-refractivity contribution >= 4 is 17.4 Å². The molecule has 7 nitrogen and oxygen atoms in total. The van der Waals surface area contributed by atoms with Gasteiger partial charge in [0, 0.05) is 31.1 Å². The van der Waals surface area contributed by atoms with Crippen LogP contribution in [0.1, 0.15) is 39.2 Å². The fraction of sp³-hybridized carbons (Fsp3) is 0.286. The molecule has 2 aliphatic heterocycles. The first-order chi connectivity index (χ1) is 17.5. The Kier molecular flexibility index (Phi) is 5.51. The number of rotatable bonds is 5. The first kappa shape index (κ1) is 22.4. The van der Waals surface area contributed by atoms with E-state index in [1.54, 1.807) is 18.0 Å². The Morgan fingerprint density at radius 1 is 1.14 bits per heavy atom. The van der Waals surface area contributed by atoms with Gasteiger partial charge in [0.1, 0.15) is 18.5 Å². The van der Waals surface area contributed by atoms with E-state index in [0.717, 1.165) is 38.6 Å². The van der Waals surface area contributed by atoms with Gasteiger partial charge in [0.2, 0.25) is 5.91 Å². The number of benzene rings is 2. The normalized spacial score (nSPS) is 17.7. The fourth-order valence-corrected chi connectivity index (χ4v) is 5.50. The summed E-state index contributed by atoms with van der Waals surface area (Å²) in [5.74, 6) is -0.640. The molecule has 2 aromatic carbocycles. The van der Waals surface area contributed by atoms with Gasteiger partial charge in [0.15, 0.2) is 5.76 Å². The lowest BCUT2D eigenvalue weighted by atomic mass is 9.92. The molecule has 3 aromatic rings. The lowest BCUT2D eigenvalue weighted by molar-refractivity contribution is -0.125. The Bertz CT molecular complexity index is 1550. The van der Waals surface area contributed by atoms with Gasteiger partial charge in [-0.2, -0.15) is 0 Å². The molecule has 0 fully saturated rings. The largest absolute Gasteiger partial charge is 0.459 e. The van der Waals surface area contributed by atoms with E-state index in [0.29, 0.717) is 31.5 Å². The van der Waals surface area contributed by atoms with Crippen molar-refractivity contribution in [3.63, 3.8) is 0 Å². The van der Waals surface area contributed by atoms with Crippen molar-refractivity contribution in [2.45, 2.75) is 31.7 Å². The second-order valence-corrected chi connectivity index (χ2v) is 9.36. The van der Waals surface area contributed by atoms with E-state index >= 15 is 0 Å². The van der Waals surface area contributed by atoms with Gasteiger partial charge in [-0.3, -0.25) is 19.6 Å². The maximum atomic E-state index is 14.7. The number of nitrogens with one attached hydrogen (secondary N) is 1. The minimum Gasteiger partial charge on any atom is -0.459 e. The molecule has 0 bridgehead atoms. The standard InChI is InChI=1S/C28H25FN4O3/c1-30-27(34)24-13-20-19(12-18-3-2-4-21(29)25(18)20)14-33(24)28(35)26-17(9-10-36-26)7-5-16-6-8-22-23(11-16)32-15-31-22/h2-4,6,8-11,24H,5,7,12-15H2,1H3,(H,30,34)/t24-/m1/s1. The van der Waals surface area contributed by atoms with Crippen LogP contribution < -0.4 is 16.0 Å². The second kappa shape index (κ2) is 8.86. The zero-order valence-corrected chi connectivity index (χ0v) is 19.9. The number of furan rings is 1. The van der Waals surface area contributed by atoms with E-state index in [1.165, 1.54) is 12.3 Å². The number of halogens is 1. The quantitative estimate of drug-likeness (QED) is 0.603. The highest BCUT2D eigenvalue weighted by atomic mass is 19.1. The van der Waals surface area contributed by atoms with Gasteiger partial charge in [0.05, 0.1) is 17.0 Å². The number of likely N-dealkylation sites (N-methyl/N-ethyl adjacent to an activating group) is 1. The Labute approximate surface area is 207 Å². The molecule has 2 amide bonds. The number of aryl methyl sites for hydroxylation is 2. The van der Waals surface area contributed by atoms with Crippen molar-refractivity contribution in [2.75, 3.05) is 20.3 Å². The molecular formula is C28H25FN4O3. The number of nitrogens with zero attached hydrogens (tertiary/aromatic N) is 3. The van der Waals surface area contributed by atoms with Crippen molar-refractivity contribution in [1.29, 1.82) is 0 Å². The lowest BCUT2D eigenvalue weighted by Gasteiger charge is -2.35. The Morgan fingerprint density at radius 2 is 2.00 bits per heavy atom. The SMILES string of the molecule is CNC(=O)[C@H]1CC2=C(Cc3cccc(F)c32)CN1C(=O)c1occc1CCc1ccc2c(c1)=NCN=2. The summed E-state index contributed by atoms with van der Waals surface area (Å²) < 4.78 is 20.3. The molecule has 1 N–H and O–H groups in total. The highest BCUT2D eigenvalue weighted by molar-refractivity contribution is 5.99. The zero-order valence-electron chi connectivity index (χ0n) is 19.9. The summed E-state index contributed by atoms with van der Waals surface area (Å²) in [6.45, 7) is 0.730. The molecule has 8 heteroatoms. The second-order valence-electron chi connectivity index (χ2n) is 9.36. The van der Waals surface area contributed by atoms with Crippen molar-refractivity contribution in [1.82, 2.24) is 10.2 Å². The van der Waals surface area contributed by atoms with Crippen LogP contribution in [-0.2, 0) is 24.1 Å². The topological polar surface area (TPSA) is 87.3 Å². The van der Waals surface area contributed by atoms with E-state index < -0.39 is 6.04 Å². The number of carbonyl (C=O) groups is 2. The van der Waals surface area contributed by atoms with Crippen molar-refractivity contribution in [3.8, 4) is 0 Å². The summed E-state index contributed by atoms with van der Waals surface area (Å²) in [7, 11) is 1.55. The summed E-state index contributed by atoms with van der Waals surface area (Å²) in [6.07, 6.45) is 3.69. The maximum absolute atomic E-state index is 14.7. The number of fused-ring (bicyclic) bond motifs is 3. The van der Waals surface area contributed by atoms with Crippen LogP contribution in [0.2, 0.25) is 0 Å². The van der Waals surface area contributed by atoms with Gasteiger partial charge in [0.25, 0.3) is 5.91 Å². The molecule has 3 heterocycles. The van der Waals surface area contributed by atoms with Crippen molar-refractivity contribution in [3.05, 3.63) is 98.8 Å². The van der Waals surface area contributed by atoms with E-state index in [1.807, 2.05) is 30.3 Å². The van der Waals surface area contributed by atoms with Gasteiger partial charge in [-0.1, -0.05) is 18.2 Å². The van der Waals surface area contributed by atoms with E-state index in [2.05, 4.69) is 15.3 Å². The van der Waals surface area contributed by atoms with Crippen LogP contribution in [0.25, 0.3) is 5.57 Å². The first-order valence-electron chi connectivity index (χ1n) is 12.1. The van der Waals surface area contributed by atoms with Crippen LogP contribution in [0, 0.1) is 5.82 Å². The summed E-state index contributed by atoms with van der Waals surface area (Å²) in [6, 6.07) is 12.1. The first-order valence-corrected chi connectivity index (χ1v) is 12.1. The molecule has 182 valence electrons. The lowest BCUT2D eigenvalue weighted by Crippen LogP contribution is -2.51. The van der Waals surface area contributed by atoms with Crippen LogP contribution in [0.5, 0.6) is 0 Å². The summed E-state index contributed by atoms with van der Waals surface area (Å²) in [5.41, 5.74) is 5.20. The molecule has 0 saturated carbocycles. The third-order valence-electron chi connectivity index (χ3n) is 7.32. The molecule has 0 saturated heterocycles. The van der Waals surface area contributed by atoms with Crippen molar-refractivity contribution in [2.24, 2.45) is 9.98 Å². The van der Waals surface area contributed by atoms with Crippen LogP contribution in [0.3, 0.4) is 0 Å². The monoisotopic (exact) mass is 484 g/mol. The molecule has 36 heavy (non-hydrogen) atoms. The van der Waals surface area contributed by atoms with Gasteiger partial charge < -0.3 is 14.6 Å².